The van der Waals surface area contributed by atoms with E-state index in [1.54, 1.807) is 0 Å². The molecule has 0 unspecified atom stereocenters. The molecule has 1 rings (SSSR count). The molecule has 3 heteroatoms. The van der Waals surface area contributed by atoms with Crippen molar-refractivity contribution in [2.75, 3.05) is 13.1 Å². The van der Waals surface area contributed by atoms with Gasteiger partial charge in [0.25, 0.3) is 0 Å². The maximum absolute atomic E-state index is 4.32. The topological polar surface area (TPSA) is 0 Å². The first-order chi connectivity index (χ1) is 3.71. The molecule has 1 aliphatic rings. The van der Waals surface area contributed by atoms with Crippen LogP contribution in [0.3, 0.4) is 0 Å². The van der Waals surface area contributed by atoms with Crippen molar-refractivity contribution in [3.05, 3.63) is 0 Å². The lowest BCUT2D eigenvalue weighted by Gasteiger charge is -2.27. The van der Waals surface area contributed by atoms with E-state index in [4.69, 9.17) is 0 Å². The van der Waals surface area contributed by atoms with Crippen LogP contribution in [0.15, 0.2) is 0 Å². The zero-order valence-electron chi connectivity index (χ0n) is 4.88. The van der Waals surface area contributed by atoms with Gasteiger partial charge >= 0.3 is 0 Å². The molecule has 48 valence electrons. The van der Waals surface area contributed by atoms with E-state index in [0.29, 0.717) is 3.29 Å². The van der Waals surface area contributed by atoms with Gasteiger partial charge in [-0.2, -0.15) is 0 Å². The average molecular weight is 150 g/mol. The molecule has 1 nitrogen and oxygen atoms in total. The van der Waals surface area contributed by atoms with Gasteiger partial charge in [0.1, 0.15) is 0 Å². The van der Waals surface area contributed by atoms with Gasteiger partial charge in [-0.25, -0.2) is 3.29 Å². The minimum Gasteiger partial charge on any atom is -0.206 e. The molecule has 1 heterocycles. The van der Waals surface area contributed by atoms with Crippen LogP contribution in [0.4, 0.5) is 0 Å². The Morgan fingerprint density at radius 1 is 0.875 bits per heavy atom. The first kappa shape index (κ1) is 6.78. The number of rotatable bonds is 0. The largest absolute Gasteiger partial charge is 0.206 e. The summed E-state index contributed by atoms with van der Waals surface area (Å²) in [5.41, 5.74) is 0. The van der Waals surface area contributed by atoms with Gasteiger partial charge in [0.2, 0.25) is 0 Å². The van der Waals surface area contributed by atoms with E-state index in [-0.39, 0.29) is 0 Å². The normalized spacial score (nSPS) is 27.8. The Balaban J connectivity index is 2.33. The third-order valence-corrected chi connectivity index (χ3v) is 2.33. The SMILES string of the molecule is S[N+]1(S)CCCCC1. The number of piperidine rings is 1. The minimum atomic E-state index is 0.639. The van der Waals surface area contributed by atoms with Crippen molar-refractivity contribution in [2.24, 2.45) is 0 Å². The highest BCUT2D eigenvalue weighted by Crippen LogP contribution is 2.23. The van der Waals surface area contributed by atoms with Gasteiger partial charge in [-0.3, -0.25) is 0 Å². The van der Waals surface area contributed by atoms with E-state index in [0.717, 1.165) is 13.1 Å². The molecule has 8 heavy (non-hydrogen) atoms. The molecule has 1 aliphatic heterocycles. The van der Waals surface area contributed by atoms with Gasteiger partial charge in [-0.1, -0.05) is 0 Å². The van der Waals surface area contributed by atoms with Crippen LogP contribution in [0.1, 0.15) is 19.3 Å². The summed E-state index contributed by atoms with van der Waals surface area (Å²) in [6.07, 6.45) is 3.93. The molecule has 0 N–H and O–H groups in total. The van der Waals surface area contributed by atoms with E-state index < -0.39 is 0 Å². The Kier molecular flexibility index (Phi) is 2.12. The van der Waals surface area contributed by atoms with Crippen LogP contribution in [0, 0.1) is 0 Å². The predicted molar refractivity (Wildman–Crippen MR) is 41.8 cm³/mol. The van der Waals surface area contributed by atoms with Crippen molar-refractivity contribution in [1.82, 2.24) is 0 Å². The summed E-state index contributed by atoms with van der Waals surface area (Å²) in [7, 11) is 0. The second kappa shape index (κ2) is 2.50. The molecular formula is C5H12NS2+. The number of quaternary nitrogens is 1. The Labute approximate surface area is 61.7 Å². The van der Waals surface area contributed by atoms with E-state index in [1.807, 2.05) is 0 Å². The number of nitrogens with zero attached hydrogens (tertiary/aromatic N) is 1. The molecule has 0 atom stereocenters. The van der Waals surface area contributed by atoms with E-state index in [2.05, 4.69) is 25.6 Å². The lowest BCUT2D eigenvalue weighted by atomic mass is 10.2. The zero-order valence-corrected chi connectivity index (χ0v) is 6.67. The highest BCUT2D eigenvalue weighted by atomic mass is 32.2. The second-order valence-corrected chi connectivity index (χ2v) is 4.23. The smallest absolute Gasteiger partial charge is 0.0998 e. The molecule has 0 aliphatic carbocycles. The first-order valence-corrected chi connectivity index (χ1v) is 3.83. The summed E-state index contributed by atoms with van der Waals surface area (Å²) >= 11 is 8.64. The standard InChI is InChI=1S/C5H12NS2/c7-6(8)4-2-1-3-5-6/h7-8H,1-5H2/q+1. The van der Waals surface area contributed by atoms with Gasteiger partial charge in [-0.05, 0) is 19.3 Å². The van der Waals surface area contributed by atoms with Crippen molar-refractivity contribution < 1.29 is 3.29 Å². The summed E-state index contributed by atoms with van der Waals surface area (Å²) < 4.78 is 0.639. The maximum Gasteiger partial charge on any atom is 0.0998 e. The van der Waals surface area contributed by atoms with Gasteiger partial charge < -0.3 is 0 Å². The van der Waals surface area contributed by atoms with Crippen molar-refractivity contribution in [1.29, 1.82) is 0 Å². The summed E-state index contributed by atoms with van der Waals surface area (Å²) in [5, 5.41) is 0. The first-order valence-electron chi connectivity index (χ1n) is 3.03. The second-order valence-electron chi connectivity index (χ2n) is 2.39. The Bertz CT molecular complexity index is 74.5. The van der Waals surface area contributed by atoms with Crippen molar-refractivity contribution in [2.45, 2.75) is 19.3 Å². The summed E-state index contributed by atoms with van der Waals surface area (Å²) in [5.74, 6) is 0. The van der Waals surface area contributed by atoms with Crippen LogP contribution in [0.2, 0.25) is 0 Å². The Morgan fingerprint density at radius 3 is 1.62 bits per heavy atom. The fourth-order valence-electron chi connectivity index (χ4n) is 1.02. The molecule has 1 saturated heterocycles. The average Bonchev–Trinajstić information content (AvgIpc) is 1.65. The van der Waals surface area contributed by atoms with Gasteiger partial charge in [0.15, 0.2) is 0 Å². The monoisotopic (exact) mass is 150 g/mol. The number of hydrogen-bond donors (Lipinski definition) is 2. The molecule has 0 amide bonds. The van der Waals surface area contributed by atoms with E-state index in [9.17, 15) is 0 Å². The fraction of sp³-hybridized carbons (Fsp3) is 1.00. The summed E-state index contributed by atoms with van der Waals surface area (Å²) in [6, 6.07) is 0. The molecule has 0 aromatic rings. The zero-order chi connectivity index (χ0) is 6.04. The molecule has 0 aromatic heterocycles. The van der Waals surface area contributed by atoms with Gasteiger partial charge in [0, 0.05) is 0 Å². The number of thiol groups is 2. The van der Waals surface area contributed by atoms with Crippen LogP contribution in [-0.4, -0.2) is 16.4 Å². The van der Waals surface area contributed by atoms with Crippen LogP contribution < -0.4 is 0 Å². The summed E-state index contributed by atoms with van der Waals surface area (Å²) in [6.45, 7) is 2.23. The van der Waals surface area contributed by atoms with E-state index >= 15 is 0 Å². The molecule has 0 aromatic carbocycles. The highest BCUT2D eigenvalue weighted by molar-refractivity contribution is 7.87. The van der Waals surface area contributed by atoms with Crippen LogP contribution in [-0.2, 0) is 0 Å². The fourth-order valence-corrected chi connectivity index (χ4v) is 1.58. The summed E-state index contributed by atoms with van der Waals surface area (Å²) in [4.78, 5) is 0. The van der Waals surface area contributed by atoms with Gasteiger partial charge in [-0.15, -0.1) is 0 Å². The van der Waals surface area contributed by atoms with Crippen LogP contribution in [0.25, 0.3) is 0 Å². The quantitative estimate of drug-likeness (QED) is 0.381. The molecule has 0 radical (unpaired) electrons. The van der Waals surface area contributed by atoms with E-state index in [1.165, 1.54) is 19.3 Å². The lowest BCUT2D eigenvalue weighted by Crippen LogP contribution is -2.33. The van der Waals surface area contributed by atoms with Gasteiger partial charge in [0.05, 0.1) is 38.7 Å². The third kappa shape index (κ3) is 1.88. The molecule has 0 saturated carbocycles. The van der Waals surface area contributed by atoms with Crippen molar-refractivity contribution in [3.8, 4) is 0 Å². The third-order valence-electron chi connectivity index (χ3n) is 1.53. The predicted octanol–water partition coefficient (Wildman–Crippen LogP) is 1.68. The number of hydrogen-bond acceptors (Lipinski definition) is 2. The molecule has 0 bridgehead atoms. The molecular weight excluding hydrogens is 138 g/mol. The molecule has 0 spiro atoms. The highest BCUT2D eigenvalue weighted by Gasteiger charge is 2.21. The van der Waals surface area contributed by atoms with Crippen molar-refractivity contribution >= 4 is 25.6 Å². The lowest BCUT2D eigenvalue weighted by molar-refractivity contribution is -0.648. The Hall–Kier alpha value is 0.660. The Morgan fingerprint density at radius 2 is 1.38 bits per heavy atom. The van der Waals surface area contributed by atoms with Crippen LogP contribution >= 0.6 is 25.6 Å². The maximum atomic E-state index is 4.32. The minimum absolute atomic E-state index is 0.639. The van der Waals surface area contributed by atoms with Crippen molar-refractivity contribution in [3.63, 3.8) is 0 Å². The van der Waals surface area contributed by atoms with Crippen LogP contribution in [0.5, 0.6) is 0 Å². The molecule has 1 fully saturated rings.